The first kappa shape index (κ1) is 27.4. The first-order valence-corrected chi connectivity index (χ1v) is 13.7. The molecule has 2 atom stereocenters. The number of nitrogens with two attached hydrogens (primary N) is 1. The highest BCUT2D eigenvalue weighted by Crippen LogP contribution is 2.52. The summed E-state index contributed by atoms with van der Waals surface area (Å²) in [5.41, 5.74) is 9.71. The van der Waals surface area contributed by atoms with Crippen LogP contribution in [0.25, 0.3) is 33.5 Å². The van der Waals surface area contributed by atoms with Gasteiger partial charge >= 0.3 is 6.09 Å². The molecule has 1 fully saturated rings. The number of nitrogens with one attached hydrogen (secondary N) is 2. The predicted molar refractivity (Wildman–Crippen MR) is 152 cm³/mol. The molecule has 2 amide bonds. The number of aliphatic hydroxyl groups excluding tert-OH is 1. The van der Waals surface area contributed by atoms with E-state index in [-0.39, 0.29) is 17.7 Å². The van der Waals surface area contributed by atoms with E-state index in [4.69, 9.17) is 10.5 Å². The number of fused-ring (bicyclic) bond motifs is 3. The molecule has 4 aromatic rings. The number of aromatic nitrogens is 2. The lowest BCUT2D eigenvalue weighted by Crippen LogP contribution is -2.48. The average Bonchev–Trinajstić information content (AvgIpc) is 3.70. The predicted octanol–water partition coefficient (Wildman–Crippen LogP) is 5.17. The number of amides is 2. The van der Waals surface area contributed by atoms with Crippen LogP contribution in [-0.4, -0.2) is 51.4 Å². The van der Waals surface area contributed by atoms with Gasteiger partial charge in [-0.3, -0.25) is 10.1 Å². The highest BCUT2D eigenvalue weighted by Gasteiger charge is 2.45. The van der Waals surface area contributed by atoms with E-state index in [9.17, 15) is 14.7 Å². The van der Waals surface area contributed by atoms with E-state index < -0.39 is 30.2 Å². The number of anilines is 1. The number of nitrogen functional groups attached to an aromatic ring is 1. The number of ether oxygens (including phenoxy) is 1. The monoisotopic (exact) mass is 573 g/mol. The van der Waals surface area contributed by atoms with E-state index in [2.05, 4.69) is 15.3 Å². The summed E-state index contributed by atoms with van der Waals surface area (Å²) in [6.45, 7) is 2.07. The van der Waals surface area contributed by atoms with Gasteiger partial charge in [-0.1, -0.05) is 36.4 Å². The van der Waals surface area contributed by atoms with Gasteiger partial charge in [0.15, 0.2) is 0 Å². The highest BCUT2D eigenvalue weighted by molar-refractivity contribution is 5.86. The van der Waals surface area contributed by atoms with Crippen molar-refractivity contribution in [1.82, 2.24) is 20.2 Å². The van der Waals surface area contributed by atoms with Crippen molar-refractivity contribution in [2.24, 2.45) is 0 Å². The number of nitrogens with zero attached hydrogens (tertiary/aromatic N) is 2. The summed E-state index contributed by atoms with van der Waals surface area (Å²) in [5, 5.41) is 12.3. The van der Waals surface area contributed by atoms with Crippen molar-refractivity contribution < 1.29 is 28.2 Å². The van der Waals surface area contributed by atoms with Crippen molar-refractivity contribution in [3.8, 4) is 33.5 Å². The van der Waals surface area contributed by atoms with Crippen LogP contribution in [0.3, 0.4) is 0 Å². The molecular weight excluding hydrogens is 544 g/mol. The third kappa shape index (κ3) is 4.75. The third-order valence-electron chi connectivity index (χ3n) is 7.75. The SMILES string of the molecule is CCOC(=O)N[C@@H](O)C(=O)N1CCC[C@H]1c1ncc(-c2ccc3c(c2)C(F)(F)c2cc(-c4cccc(N)c4)ccc2-3)[nH]1. The summed E-state index contributed by atoms with van der Waals surface area (Å²) in [6.07, 6.45) is 0.131. The number of alkyl carbamates (subject to hydrolysis) is 1. The maximum absolute atomic E-state index is 15.8. The Hall–Kier alpha value is -4.77. The maximum atomic E-state index is 15.8. The number of carbonyl (C=O) groups is 2. The number of H-pyrrole nitrogens is 1. The minimum Gasteiger partial charge on any atom is -0.450 e. The molecule has 0 spiro atoms. The van der Waals surface area contributed by atoms with E-state index in [0.29, 0.717) is 58.8 Å². The third-order valence-corrected chi connectivity index (χ3v) is 7.75. The van der Waals surface area contributed by atoms with Gasteiger partial charge in [0.1, 0.15) is 5.82 Å². The average molecular weight is 574 g/mol. The van der Waals surface area contributed by atoms with Crippen molar-refractivity contribution >= 4 is 17.7 Å². The smallest absolute Gasteiger partial charge is 0.409 e. The quantitative estimate of drug-likeness (QED) is 0.186. The van der Waals surface area contributed by atoms with E-state index >= 15 is 8.78 Å². The van der Waals surface area contributed by atoms with Crippen LogP contribution in [0.1, 0.15) is 42.8 Å². The van der Waals surface area contributed by atoms with Crippen molar-refractivity contribution in [1.29, 1.82) is 0 Å². The molecule has 42 heavy (non-hydrogen) atoms. The molecular formula is C31H29F2N5O4. The van der Waals surface area contributed by atoms with E-state index in [0.717, 1.165) is 5.56 Å². The molecule has 1 aliphatic carbocycles. The summed E-state index contributed by atoms with van der Waals surface area (Å²) >= 11 is 0. The van der Waals surface area contributed by atoms with Gasteiger partial charge in [0, 0.05) is 28.9 Å². The zero-order valence-electron chi connectivity index (χ0n) is 22.7. The number of rotatable bonds is 6. The summed E-state index contributed by atoms with van der Waals surface area (Å²) in [7, 11) is 0. The molecule has 0 unspecified atom stereocenters. The molecule has 6 rings (SSSR count). The number of imidazole rings is 1. The molecule has 216 valence electrons. The summed E-state index contributed by atoms with van der Waals surface area (Å²) in [5.74, 6) is -3.44. The van der Waals surface area contributed by atoms with Crippen molar-refractivity contribution in [3.63, 3.8) is 0 Å². The number of carbonyl (C=O) groups excluding carboxylic acids is 2. The van der Waals surface area contributed by atoms with E-state index in [1.807, 2.05) is 12.1 Å². The fraction of sp³-hybridized carbons (Fsp3) is 0.258. The molecule has 0 saturated carbocycles. The van der Waals surface area contributed by atoms with Gasteiger partial charge in [-0.25, -0.2) is 9.78 Å². The lowest BCUT2D eigenvalue weighted by atomic mass is 9.98. The van der Waals surface area contributed by atoms with Crippen molar-refractivity contribution in [2.45, 2.75) is 38.0 Å². The van der Waals surface area contributed by atoms with Gasteiger partial charge in [-0.2, -0.15) is 8.78 Å². The molecule has 11 heteroatoms. The Morgan fingerprint density at radius 3 is 2.52 bits per heavy atom. The molecule has 2 heterocycles. The summed E-state index contributed by atoms with van der Waals surface area (Å²) in [4.78, 5) is 33.5. The van der Waals surface area contributed by atoms with Crippen LogP contribution >= 0.6 is 0 Å². The molecule has 3 aromatic carbocycles. The minimum atomic E-state index is -3.21. The first-order chi connectivity index (χ1) is 20.2. The number of hydrogen-bond donors (Lipinski definition) is 4. The lowest BCUT2D eigenvalue weighted by Gasteiger charge is -2.25. The first-order valence-electron chi connectivity index (χ1n) is 13.7. The Morgan fingerprint density at radius 1 is 1.12 bits per heavy atom. The van der Waals surface area contributed by atoms with Crippen LogP contribution in [0.15, 0.2) is 66.9 Å². The van der Waals surface area contributed by atoms with Crippen molar-refractivity contribution in [3.05, 3.63) is 83.8 Å². The standard InChI is InChI=1S/C31H29F2N5O4/c1-2-42-30(41)37-28(39)29(40)38-12-4-7-26(38)27-35-16-25(36-27)19-9-11-22-21-10-8-18(17-5-3-6-20(34)13-17)14-23(21)31(32,33)24(22)15-19/h3,5-6,8-11,13-16,26,28,39H,2,4,7,12,34H2,1H3,(H,35,36)(H,37,41)/t26-,28-/m0/s1. The number of hydrogen-bond acceptors (Lipinski definition) is 6. The Balaban J connectivity index is 1.25. The Morgan fingerprint density at radius 2 is 1.81 bits per heavy atom. The maximum Gasteiger partial charge on any atom is 0.409 e. The second-order valence-electron chi connectivity index (χ2n) is 10.4. The Bertz CT molecular complexity index is 1690. The molecule has 9 nitrogen and oxygen atoms in total. The van der Waals surface area contributed by atoms with Crippen molar-refractivity contribution in [2.75, 3.05) is 18.9 Å². The Labute approximate surface area is 240 Å². The zero-order valence-corrected chi connectivity index (χ0v) is 22.7. The minimum absolute atomic E-state index is 0.0602. The van der Waals surface area contributed by atoms with E-state index in [1.165, 1.54) is 17.0 Å². The second-order valence-corrected chi connectivity index (χ2v) is 10.4. The van der Waals surface area contributed by atoms with Gasteiger partial charge in [-0.05, 0) is 66.3 Å². The van der Waals surface area contributed by atoms with Crippen LogP contribution < -0.4 is 11.1 Å². The number of benzene rings is 3. The molecule has 1 saturated heterocycles. The second kappa shape index (κ2) is 10.6. The van der Waals surface area contributed by atoms with Gasteiger partial charge < -0.3 is 25.5 Å². The van der Waals surface area contributed by atoms with Crippen LogP contribution in [0.2, 0.25) is 0 Å². The Kier molecular flexibility index (Phi) is 6.90. The number of likely N-dealkylation sites (tertiary alicyclic amines) is 1. The molecule has 1 aliphatic heterocycles. The molecule has 5 N–H and O–H groups in total. The highest BCUT2D eigenvalue weighted by atomic mass is 19.3. The van der Waals surface area contributed by atoms with Gasteiger partial charge in [0.2, 0.25) is 6.23 Å². The number of aromatic amines is 1. The zero-order chi connectivity index (χ0) is 29.6. The van der Waals surface area contributed by atoms with Crippen LogP contribution in [0, 0.1) is 0 Å². The largest absolute Gasteiger partial charge is 0.450 e. The van der Waals surface area contributed by atoms with Gasteiger partial charge in [0.05, 0.1) is 24.5 Å². The number of halogens is 2. The molecule has 1 aromatic heterocycles. The van der Waals surface area contributed by atoms with Crippen LogP contribution in [-0.2, 0) is 15.5 Å². The lowest BCUT2D eigenvalue weighted by molar-refractivity contribution is -0.142. The molecule has 0 radical (unpaired) electrons. The fourth-order valence-corrected chi connectivity index (χ4v) is 5.76. The van der Waals surface area contributed by atoms with E-state index in [1.54, 1.807) is 49.5 Å². The molecule has 2 aliphatic rings. The normalized spacial score (nSPS) is 17.4. The number of aliphatic hydroxyl groups is 1. The van der Waals surface area contributed by atoms with Gasteiger partial charge in [0.25, 0.3) is 11.8 Å². The summed E-state index contributed by atoms with van der Waals surface area (Å²) in [6, 6.07) is 16.6. The van der Waals surface area contributed by atoms with Crippen LogP contribution in [0.4, 0.5) is 19.3 Å². The van der Waals surface area contributed by atoms with Gasteiger partial charge in [-0.15, -0.1) is 0 Å². The molecule has 0 bridgehead atoms. The number of alkyl halides is 2. The van der Waals surface area contributed by atoms with Crippen LogP contribution in [0.5, 0.6) is 0 Å². The summed E-state index contributed by atoms with van der Waals surface area (Å²) < 4.78 is 36.4. The topological polar surface area (TPSA) is 134 Å². The fourth-order valence-electron chi connectivity index (χ4n) is 5.76.